The van der Waals surface area contributed by atoms with Crippen molar-refractivity contribution in [3.8, 4) is 0 Å². The number of ketones is 1. The van der Waals surface area contributed by atoms with Crippen LogP contribution >= 0.6 is 0 Å². The highest BCUT2D eigenvalue weighted by Gasteiger charge is 2.70. The molecule has 0 aromatic carbocycles. The van der Waals surface area contributed by atoms with Gasteiger partial charge in [-0.2, -0.15) is 0 Å². The van der Waals surface area contributed by atoms with Gasteiger partial charge in [0, 0.05) is 5.92 Å². The van der Waals surface area contributed by atoms with Crippen LogP contribution in [0.15, 0.2) is 0 Å². The quantitative estimate of drug-likeness (QED) is 0.846. The van der Waals surface area contributed by atoms with Crippen molar-refractivity contribution in [1.82, 2.24) is 0 Å². The van der Waals surface area contributed by atoms with Gasteiger partial charge in [0.05, 0.1) is 17.3 Å². The Labute approximate surface area is 122 Å². The minimum absolute atomic E-state index is 0.0557. The lowest BCUT2D eigenvalue weighted by atomic mass is 9.69. The molecule has 114 valence electrons. The number of hydrogen-bond donors (Lipinski definition) is 1. The third kappa shape index (κ3) is 1.57. The largest absolute Gasteiger partial charge is 0.390 e. The van der Waals surface area contributed by atoms with Crippen LogP contribution in [0, 0.1) is 29.6 Å². The lowest BCUT2D eigenvalue weighted by Crippen LogP contribution is -2.60. The summed E-state index contributed by atoms with van der Waals surface area (Å²) in [6.07, 6.45) is 2.49. The Morgan fingerprint density at radius 1 is 1.35 bits per heavy atom. The number of aliphatic hydroxyl groups excluding tert-OH is 1. The molecule has 3 heteroatoms. The minimum Gasteiger partial charge on any atom is -0.390 e. The normalized spacial score (nSPS) is 54.2. The van der Waals surface area contributed by atoms with Crippen molar-refractivity contribution < 1.29 is 14.6 Å². The molecule has 7 atom stereocenters. The van der Waals surface area contributed by atoms with Gasteiger partial charge in [-0.05, 0) is 56.8 Å². The first-order valence-electron chi connectivity index (χ1n) is 8.12. The summed E-state index contributed by atoms with van der Waals surface area (Å²) in [5.41, 5.74) is -0.893. The van der Waals surface area contributed by atoms with Crippen LogP contribution in [-0.4, -0.2) is 28.2 Å². The van der Waals surface area contributed by atoms with E-state index in [0.717, 1.165) is 12.8 Å². The Kier molecular flexibility index (Phi) is 3.12. The lowest BCUT2D eigenvalue weighted by molar-refractivity contribution is -0.254. The minimum atomic E-state index is -0.523. The van der Waals surface area contributed by atoms with Gasteiger partial charge in [0.15, 0.2) is 0 Å². The number of ether oxygens (including phenoxy) is 1. The molecule has 0 aromatic rings. The summed E-state index contributed by atoms with van der Waals surface area (Å²) < 4.78 is 6.51. The monoisotopic (exact) mass is 280 g/mol. The summed E-state index contributed by atoms with van der Waals surface area (Å²) in [5.74, 6) is 1.55. The van der Waals surface area contributed by atoms with E-state index in [0.29, 0.717) is 24.2 Å². The van der Waals surface area contributed by atoms with Gasteiger partial charge < -0.3 is 9.84 Å². The molecule has 1 aliphatic carbocycles. The Morgan fingerprint density at radius 2 is 2.00 bits per heavy atom. The maximum atomic E-state index is 12.2. The number of hydrogen-bond acceptors (Lipinski definition) is 3. The highest BCUT2D eigenvalue weighted by Crippen LogP contribution is 2.63. The van der Waals surface area contributed by atoms with E-state index in [1.54, 1.807) is 6.92 Å². The van der Waals surface area contributed by atoms with Gasteiger partial charge in [0.2, 0.25) is 0 Å². The number of aliphatic hydroxyl groups is 1. The molecule has 1 saturated carbocycles. The highest BCUT2D eigenvalue weighted by molar-refractivity contribution is 5.80. The van der Waals surface area contributed by atoms with E-state index >= 15 is 0 Å². The van der Waals surface area contributed by atoms with Crippen LogP contribution in [0.1, 0.15) is 53.9 Å². The van der Waals surface area contributed by atoms with Crippen LogP contribution in [0.4, 0.5) is 0 Å². The number of Topliss-reactive ketones (excluding diaryl/α,β-unsaturated/α-hetero) is 1. The SMILES string of the molecule is CC(=O)[C@@H]1C[C@]2(C(C)C)O[C@@]1(C)[C@@H]1CC[C@@H](C)[C@H]1[C@@H]2O. The molecule has 2 heterocycles. The molecule has 0 amide bonds. The Hall–Kier alpha value is -0.410. The van der Waals surface area contributed by atoms with Crippen LogP contribution < -0.4 is 0 Å². The third-order valence-corrected chi connectivity index (χ3v) is 6.75. The molecule has 3 nitrogen and oxygen atoms in total. The van der Waals surface area contributed by atoms with Crippen molar-refractivity contribution in [2.45, 2.75) is 71.2 Å². The predicted molar refractivity (Wildman–Crippen MR) is 77.2 cm³/mol. The highest BCUT2D eigenvalue weighted by atomic mass is 16.5. The van der Waals surface area contributed by atoms with E-state index < -0.39 is 11.7 Å². The maximum absolute atomic E-state index is 12.2. The summed E-state index contributed by atoms with van der Waals surface area (Å²) in [7, 11) is 0. The van der Waals surface area contributed by atoms with E-state index in [2.05, 4.69) is 27.7 Å². The van der Waals surface area contributed by atoms with E-state index in [-0.39, 0.29) is 23.2 Å². The molecule has 2 saturated heterocycles. The van der Waals surface area contributed by atoms with E-state index in [1.165, 1.54) is 0 Å². The van der Waals surface area contributed by atoms with Crippen molar-refractivity contribution >= 4 is 5.78 Å². The molecule has 20 heavy (non-hydrogen) atoms. The molecule has 0 aromatic heterocycles. The van der Waals surface area contributed by atoms with Crippen molar-refractivity contribution in [3.63, 3.8) is 0 Å². The van der Waals surface area contributed by atoms with Crippen molar-refractivity contribution in [2.75, 3.05) is 0 Å². The standard InChI is InChI=1S/C17H28O3/c1-9(2)17-8-13(11(4)18)16(5,20-17)12-7-6-10(3)14(12)15(17)19/h9-10,12-15,19H,6-8H2,1-5H3/t10-,12-,13+,14-,15+,16+,17-/m1/s1. The fourth-order valence-electron chi connectivity index (χ4n) is 5.55. The first kappa shape index (κ1) is 14.5. The summed E-state index contributed by atoms with van der Waals surface area (Å²) in [4.78, 5) is 12.2. The molecule has 3 aliphatic rings. The molecule has 1 N–H and O–H groups in total. The van der Waals surface area contributed by atoms with Crippen LogP contribution in [0.2, 0.25) is 0 Å². The Morgan fingerprint density at radius 3 is 2.55 bits per heavy atom. The fraction of sp³-hybridized carbons (Fsp3) is 0.941. The summed E-state index contributed by atoms with van der Waals surface area (Å²) >= 11 is 0. The molecule has 3 rings (SSSR count). The van der Waals surface area contributed by atoms with Crippen molar-refractivity contribution in [1.29, 1.82) is 0 Å². The molecular formula is C17H28O3. The average Bonchev–Trinajstić information content (AvgIpc) is 2.86. The van der Waals surface area contributed by atoms with Gasteiger partial charge in [0.1, 0.15) is 5.78 Å². The maximum Gasteiger partial charge on any atom is 0.135 e. The topological polar surface area (TPSA) is 46.5 Å². The fourth-order valence-corrected chi connectivity index (χ4v) is 5.55. The van der Waals surface area contributed by atoms with Gasteiger partial charge in [-0.25, -0.2) is 0 Å². The smallest absolute Gasteiger partial charge is 0.135 e. The van der Waals surface area contributed by atoms with Gasteiger partial charge in [-0.3, -0.25) is 4.79 Å². The van der Waals surface area contributed by atoms with Gasteiger partial charge >= 0.3 is 0 Å². The molecule has 0 radical (unpaired) electrons. The zero-order chi connectivity index (χ0) is 14.9. The van der Waals surface area contributed by atoms with E-state index in [1.807, 2.05) is 0 Å². The van der Waals surface area contributed by atoms with Crippen LogP contribution in [0.5, 0.6) is 0 Å². The zero-order valence-electron chi connectivity index (χ0n) is 13.3. The van der Waals surface area contributed by atoms with Gasteiger partial charge in [0.25, 0.3) is 0 Å². The zero-order valence-corrected chi connectivity index (χ0v) is 13.3. The molecule has 2 aliphatic heterocycles. The summed E-state index contributed by atoms with van der Waals surface area (Å²) in [6, 6.07) is 0. The first-order chi connectivity index (χ1) is 9.24. The second kappa shape index (κ2) is 4.30. The van der Waals surface area contributed by atoms with Gasteiger partial charge in [-0.1, -0.05) is 20.8 Å². The number of carbonyl (C=O) groups excluding carboxylic acids is 1. The summed E-state index contributed by atoms with van der Waals surface area (Å²) in [6.45, 7) is 10.3. The van der Waals surface area contributed by atoms with Crippen molar-refractivity contribution in [2.24, 2.45) is 29.6 Å². The third-order valence-electron chi connectivity index (χ3n) is 6.75. The number of carbonyl (C=O) groups is 1. The Bertz CT molecular complexity index is 432. The van der Waals surface area contributed by atoms with Crippen molar-refractivity contribution in [3.05, 3.63) is 0 Å². The molecule has 0 spiro atoms. The molecule has 2 bridgehead atoms. The van der Waals surface area contributed by atoms with Crippen LogP contribution in [-0.2, 0) is 9.53 Å². The van der Waals surface area contributed by atoms with Crippen LogP contribution in [0.3, 0.4) is 0 Å². The summed E-state index contributed by atoms with van der Waals surface area (Å²) in [5, 5.41) is 11.0. The lowest BCUT2D eigenvalue weighted by Gasteiger charge is -2.52. The number of fused-ring (bicyclic) bond motifs is 4. The second-order valence-electron chi connectivity index (χ2n) is 7.95. The predicted octanol–water partition coefficient (Wildman–Crippen LogP) is 2.80. The number of rotatable bonds is 2. The first-order valence-corrected chi connectivity index (χ1v) is 8.12. The average molecular weight is 280 g/mol. The van der Waals surface area contributed by atoms with E-state index in [9.17, 15) is 9.90 Å². The van der Waals surface area contributed by atoms with Gasteiger partial charge in [-0.15, -0.1) is 0 Å². The molecule has 0 unspecified atom stereocenters. The molecular weight excluding hydrogens is 252 g/mol. The Balaban J connectivity index is 2.10. The van der Waals surface area contributed by atoms with Crippen LogP contribution in [0.25, 0.3) is 0 Å². The van der Waals surface area contributed by atoms with E-state index in [4.69, 9.17) is 4.74 Å². The molecule has 3 fully saturated rings. The second-order valence-corrected chi connectivity index (χ2v) is 7.95.